The largest absolute Gasteiger partial charge is 0.211 e. The van der Waals surface area contributed by atoms with Gasteiger partial charge in [0.1, 0.15) is 0 Å². The maximum atomic E-state index is 6.37. The van der Waals surface area contributed by atoms with E-state index in [0.717, 1.165) is 19.4 Å². The minimum Gasteiger partial charge on any atom is -0.211 e. The first kappa shape index (κ1) is 16.6. The lowest BCUT2D eigenvalue weighted by atomic mass is 9.74. The lowest BCUT2D eigenvalue weighted by molar-refractivity contribution is 0.0191. The Morgan fingerprint density at radius 3 is 2.35 bits per heavy atom. The fraction of sp³-hybridized carbons (Fsp3) is 0.474. The molecule has 4 heteroatoms. The number of hydrogen-bond acceptors (Lipinski definition) is 3. The normalized spacial score (nSPS) is 35.0. The van der Waals surface area contributed by atoms with Crippen molar-refractivity contribution in [3.8, 4) is 0 Å². The van der Waals surface area contributed by atoms with Crippen LogP contribution < -0.4 is 5.53 Å². The maximum absolute atomic E-state index is 6.37. The number of rotatable bonds is 2. The fourth-order valence-electron chi connectivity index (χ4n) is 3.78. The van der Waals surface area contributed by atoms with Gasteiger partial charge in [0, 0.05) is 29.9 Å². The van der Waals surface area contributed by atoms with Gasteiger partial charge in [0.25, 0.3) is 0 Å². The van der Waals surface area contributed by atoms with Crippen molar-refractivity contribution in [2.24, 2.45) is 5.41 Å². The number of hydrogen-bond donors (Lipinski definition) is 1. The second-order valence-electron chi connectivity index (χ2n) is 7.52. The second kappa shape index (κ2) is 5.97. The van der Waals surface area contributed by atoms with Crippen molar-refractivity contribution in [1.82, 2.24) is 15.1 Å². The Morgan fingerprint density at radius 2 is 1.70 bits per heavy atom. The van der Waals surface area contributed by atoms with Crippen molar-refractivity contribution in [2.75, 3.05) is 6.54 Å². The van der Waals surface area contributed by atoms with E-state index in [4.69, 9.17) is 11.8 Å². The van der Waals surface area contributed by atoms with Crippen molar-refractivity contribution >= 4 is 11.8 Å². The van der Waals surface area contributed by atoms with E-state index < -0.39 is 0 Å². The number of halogens is 1. The van der Waals surface area contributed by atoms with Gasteiger partial charge in [-0.05, 0) is 39.2 Å². The Kier molecular flexibility index (Phi) is 4.30. The molecule has 0 saturated carbocycles. The van der Waals surface area contributed by atoms with E-state index in [-0.39, 0.29) is 11.0 Å². The van der Waals surface area contributed by atoms with Crippen LogP contribution in [0.2, 0.25) is 0 Å². The molecule has 0 amide bonds. The third kappa shape index (κ3) is 3.32. The molecule has 0 aromatic heterocycles. The molecule has 23 heavy (non-hydrogen) atoms. The summed E-state index contributed by atoms with van der Waals surface area (Å²) in [7, 11) is 0. The summed E-state index contributed by atoms with van der Waals surface area (Å²) in [5, 5.41) is 2.25. The summed E-state index contributed by atoms with van der Waals surface area (Å²) < 4.78 is 1.57. The molecule has 3 aliphatic rings. The first-order chi connectivity index (χ1) is 10.8. The van der Waals surface area contributed by atoms with Gasteiger partial charge in [-0.15, -0.1) is 0 Å². The third-order valence-electron chi connectivity index (χ3n) is 5.13. The lowest BCUT2D eigenvalue weighted by Gasteiger charge is -2.47. The van der Waals surface area contributed by atoms with Gasteiger partial charge in [-0.3, -0.25) is 0 Å². The molecule has 0 spiro atoms. The summed E-state index contributed by atoms with van der Waals surface area (Å²) in [6, 6.07) is 0. The van der Waals surface area contributed by atoms with Crippen molar-refractivity contribution < 1.29 is 0 Å². The third-order valence-corrected chi connectivity index (χ3v) is 5.30. The van der Waals surface area contributed by atoms with Crippen molar-refractivity contribution in [3.05, 3.63) is 59.4 Å². The molecule has 3 nitrogen and oxygen atoms in total. The van der Waals surface area contributed by atoms with Crippen LogP contribution in [-0.2, 0) is 0 Å². The summed E-state index contributed by atoms with van der Waals surface area (Å²) in [4.78, 5) is 0. The van der Waals surface area contributed by atoms with Crippen LogP contribution >= 0.6 is 11.8 Å². The predicted molar refractivity (Wildman–Crippen MR) is 97.2 cm³/mol. The summed E-state index contributed by atoms with van der Waals surface area (Å²) in [6.45, 7) is 9.78. The molecular formula is C19H26ClN3. The average molecular weight is 332 g/mol. The minimum absolute atomic E-state index is 0.0198. The van der Waals surface area contributed by atoms with Gasteiger partial charge in [-0.1, -0.05) is 54.5 Å². The topological polar surface area (TPSA) is 18.5 Å². The van der Waals surface area contributed by atoms with Gasteiger partial charge in [-0.2, -0.15) is 5.53 Å². The minimum atomic E-state index is -0.0783. The van der Waals surface area contributed by atoms with Gasteiger partial charge in [-0.25, -0.2) is 9.54 Å². The van der Waals surface area contributed by atoms with Gasteiger partial charge in [0.05, 0.1) is 5.54 Å². The quantitative estimate of drug-likeness (QED) is 0.744. The highest BCUT2D eigenvalue weighted by Gasteiger charge is 2.38. The molecule has 0 aromatic rings. The average Bonchev–Trinajstić information content (AvgIpc) is 2.46. The molecule has 2 unspecified atom stereocenters. The first-order valence-electron chi connectivity index (χ1n) is 8.21. The van der Waals surface area contributed by atoms with Gasteiger partial charge >= 0.3 is 0 Å². The molecule has 124 valence electrons. The zero-order valence-corrected chi connectivity index (χ0v) is 15.2. The molecule has 2 aliphatic carbocycles. The van der Waals surface area contributed by atoms with E-state index >= 15 is 0 Å². The highest BCUT2D eigenvalue weighted by molar-refractivity contribution is 6.13. The zero-order chi connectivity index (χ0) is 16.7. The molecule has 3 rings (SSSR count). The smallest absolute Gasteiger partial charge is 0.0566 e. The molecule has 1 heterocycles. The van der Waals surface area contributed by atoms with E-state index in [1.54, 1.807) is 4.53 Å². The van der Waals surface area contributed by atoms with Crippen LogP contribution in [0.4, 0.5) is 0 Å². The number of nitrogens with one attached hydrogen (secondary N) is 1. The lowest BCUT2D eigenvalue weighted by Crippen LogP contribution is -2.59. The molecule has 1 aliphatic heterocycles. The standard InChI is InChI=1S/C19H26ClN3/c1-15-7-5-9-18(3,11-15)17-13-22(21-23(20)14-17)19(4)10-6-8-16(2)12-19/h5-10,14,21H,11-13H2,1-4H3. The summed E-state index contributed by atoms with van der Waals surface area (Å²) in [5.74, 6) is 0. The summed E-state index contributed by atoms with van der Waals surface area (Å²) in [6.07, 6.45) is 17.3. The van der Waals surface area contributed by atoms with E-state index in [2.05, 4.69) is 74.7 Å². The van der Waals surface area contributed by atoms with Crippen LogP contribution in [0, 0.1) is 5.41 Å². The van der Waals surface area contributed by atoms with Crippen LogP contribution in [0.1, 0.15) is 40.5 Å². The van der Waals surface area contributed by atoms with Gasteiger partial charge in [0.15, 0.2) is 0 Å². The van der Waals surface area contributed by atoms with Crippen LogP contribution in [0.25, 0.3) is 0 Å². The molecule has 1 N–H and O–H groups in total. The molecule has 0 saturated heterocycles. The van der Waals surface area contributed by atoms with Crippen LogP contribution in [0.15, 0.2) is 59.4 Å². The molecule has 0 aromatic carbocycles. The second-order valence-corrected chi connectivity index (χ2v) is 7.89. The number of hydrazine groups is 2. The Balaban J connectivity index is 1.85. The predicted octanol–water partition coefficient (Wildman–Crippen LogP) is 4.64. The zero-order valence-electron chi connectivity index (χ0n) is 14.4. The Morgan fingerprint density at radius 1 is 1.04 bits per heavy atom. The van der Waals surface area contributed by atoms with Crippen LogP contribution in [0.3, 0.4) is 0 Å². The van der Waals surface area contributed by atoms with E-state index in [9.17, 15) is 0 Å². The van der Waals surface area contributed by atoms with Gasteiger partial charge in [0.2, 0.25) is 0 Å². The van der Waals surface area contributed by atoms with Crippen molar-refractivity contribution in [1.29, 1.82) is 0 Å². The Labute approximate surface area is 144 Å². The maximum Gasteiger partial charge on any atom is 0.0566 e. The summed E-state index contributed by atoms with van der Waals surface area (Å²) >= 11 is 6.37. The Hall–Kier alpha value is -1.29. The number of allylic oxidation sites excluding steroid dienone is 6. The fourth-order valence-corrected chi connectivity index (χ4v) is 3.99. The SMILES string of the molecule is CC1=CC=CC(C)(C2=CN(Cl)NN(C3(C)C=CC=C(C)C3)C2)C1. The summed E-state index contributed by atoms with van der Waals surface area (Å²) in [5.41, 5.74) is 7.35. The van der Waals surface area contributed by atoms with Crippen molar-refractivity contribution in [3.63, 3.8) is 0 Å². The molecule has 0 fully saturated rings. The Bertz CT molecular complexity index is 643. The molecule has 0 bridgehead atoms. The first-order valence-corrected chi connectivity index (χ1v) is 8.55. The van der Waals surface area contributed by atoms with Crippen LogP contribution in [0.5, 0.6) is 0 Å². The number of nitrogens with zero attached hydrogens (tertiary/aromatic N) is 2. The van der Waals surface area contributed by atoms with Gasteiger partial charge < -0.3 is 0 Å². The highest BCUT2D eigenvalue weighted by atomic mass is 35.5. The van der Waals surface area contributed by atoms with Crippen LogP contribution in [-0.4, -0.2) is 21.6 Å². The van der Waals surface area contributed by atoms with E-state index in [0.29, 0.717) is 0 Å². The molecule has 2 atom stereocenters. The van der Waals surface area contributed by atoms with E-state index in [1.807, 2.05) is 6.20 Å². The van der Waals surface area contributed by atoms with Crippen molar-refractivity contribution in [2.45, 2.75) is 46.1 Å². The monoisotopic (exact) mass is 331 g/mol. The van der Waals surface area contributed by atoms with E-state index in [1.165, 1.54) is 16.7 Å². The molecular weight excluding hydrogens is 306 g/mol. The molecule has 0 radical (unpaired) electrons. The highest BCUT2D eigenvalue weighted by Crippen LogP contribution is 2.41.